The Labute approximate surface area is 266 Å². The summed E-state index contributed by atoms with van der Waals surface area (Å²) in [6.45, 7) is 9.44. The highest BCUT2D eigenvalue weighted by Crippen LogP contribution is 2.30. The van der Waals surface area contributed by atoms with E-state index in [-0.39, 0.29) is 0 Å². The fourth-order valence-electron chi connectivity index (χ4n) is 5.30. The predicted molar refractivity (Wildman–Crippen MR) is 189 cm³/mol. The number of hydrogen-bond acceptors (Lipinski definition) is 6. The molecule has 0 saturated carbocycles. The van der Waals surface area contributed by atoms with E-state index in [4.69, 9.17) is 9.72 Å². The number of hydrogen-bond donors (Lipinski definition) is 2. The molecule has 0 amide bonds. The summed E-state index contributed by atoms with van der Waals surface area (Å²) in [4.78, 5) is 11.8. The number of fused-ring (bicyclic) bond motifs is 1. The van der Waals surface area contributed by atoms with E-state index < -0.39 is 0 Å². The summed E-state index contributed by atoms with van der Waals surface area (Å²) in [5.74, 6) is 1.53. The van der Waals surface area contributed by atoms with Crippen molar-refractivity contribution in [1.82, 2.24) is 19.3 Å². The van der Waals surface area contributed by atoms with Gasteiger partial charge in [0.15, 0.2) is 11.5 Å². The number of nitrogens with zero attached hydrogens (tertiary/aromatic N) is 4. The van der Waals surface area contributed by atoms with Gasteiger partial charge < -0.3 is 24.7 Å². The average Bonchev–Trinajstić information content (AvgIpc) is 3.54. The number of aryl methyl sites for hydroxylation is 1. The lowest BCUT2D eigenvalue weighted by Gasteiger charge is -2.15. The van der Waals surface area contributed by atoms with E-state index in [9.17, 15) is 0 Å². The molecule has 0 aliphatic carbocycles. The zero-order valence-electron chi connectivity index (χ0n) is 26.8. The minimum atomic E-state index is 0.667. The molecule has 7 heteroatoms. The summed E-state index contributed by atoms with van der Waals surface area (Å²) in [6, 6.07) is 22.9. The van der Waals surface area contributed by atoms with Crippen molar-refractivity contribution in [2.75, 3.05) is 38.4 Å². The Morgan fingerprint density at radius 1 is 1.00 bits per heavy atom. The van der Waals surface area contributed by atoms with E-state index in [1.54, 1.807) is 13.3 Å². The summed E-state index contributed by atoms with van der Waals surface area (Å²) in [6.07, 6.45) is 14.0. The quantitative estimate of drug-likeness (QED) is 0.132. The first-order chi connectivity index (χ1) is 21.9. The van der Waals surface area contributed by atoms with E-state index in [1.807, 2.05) is 35.9 Å². The van der Waals surface area contributed by atoms with Gasteiger partial charge in [0.25, 0.3) is 0 Å². The molecule has 7 nitrogen and oxygen atoms in total. The van der Waals surface area contributed by atoms with Crippen LogP contribution in [-0.4, -0.2) is 47.0 Å². The smallest absolute Gasteiger partial charge is 0.180 e. The van der Waals surface area contributed by atoms with Crippen LogP contribution in [0.15, 0.2) is 110 Å². The van der Waals surface area contributed by atoms with E-state index in [0.717, 1.165) is 64.7 Å². The maximum atomic E-state index is 5.74. The third-order valence-corrected chi connectivity index (χ3v) is 7.65. The molecule has 0 unspecified atom stereocenters. The van der Waals surface area contributed by atoms with Crippen LogP contribution in [0.25, 0.3) is 28.2 Å². The van der Waals surface area contributed by atoms with Crippen molar-refractivity contribution in [3.05, 3.63) is 127 Å². The first-order valence-electron chi connectivity index (χ1n) is 15.3. The second kappa shape index (κ2) is 14.6. The van der Waals surface area contributed by atoms with Crippen LogP contribution in [0.3, 0.4) is 0 Å². The normalized spacial score (nSPS) is 11.8. The molecule has 230 valence electrons. The van der Waals surface area contributed by atoms with Gasteiger partial charge in [-0.2, -0.15) is 0 Å². The molecule has 0 atom stereocenters. The maximum absolute atomic E-state index is 5.74. The number of nitrogens with one attached hydrogen (secondary N) is 2. The van der Waals surface area contributed by atoms with Crippen LogP contribution >= 0.6 is 0 Å². The third-order valence-electron chi connectivity index (χ3n) is 7.65. The van der Waals surface area contributed by atoms with Gasteiger partial charge in [-0.1, -0.05) is 61.2 Å². The molecule has 0 fully saturated rings. The van der Waals surface area contributed by atoms with Crippen molar-refractivity contribution in [3.8, 4) is 17.0 Å². The van der Waals surface area contributed by atoms with Crippen LogP contribution in [0, 0.1) is 0 Å². The second-order valence-electron chi connectivity index (χ2n) is 11.2. The molecule has 45 heavy (non-hydrogen) atoms. The van der Waals surface area contributed by atoms with Gasteiger partial charge >= 0.3 is 0 Å². The fourth-order valence-corrected chi connectivity index (χ4v) is 5.30. The molecule has 3 aromatic carbocycles. The van der Waals surface area contributed by atoms with Crippen LogP contribution in [0.5, 0.6) is 5.75 Å². The number of allylic oxidation sites excluding steroid dienone is 4. The molecule has 0 radical (unpaired) electrons. The van der Waals surface area contributed by atoms with E-state index in [1.165, 1.54) is 16.7 Å². The Kier molecular flexibility index (Phi) is 10.1. The molecule has 0 spiro atoms. The first kappa shape index (κ1) is 31.3. The van der Waals surface area contributed by atoms with E-state index >= 15 is 0 Å². The molecule has 0 aliphatic rings. The molecular formula is C38H42N6O. The zero-order valence-corrected chi connectivity index (χ0v) is 26.8. The van der Waals surface area contributed by atoms with Crippen molar-refractivity contribution in [1.29, 1.82) is 0 Å². The van der Waals surface area contributed by atoms with Crippen LogP contribution in [0.1, 0.15) is 37.0 Å². The SMILES string of the molecule is C=C(Nc1ccc(C(/C=C\C)=C/C)cc1)c1cccc(-c2cn3ccnc3c(Nc3ccc(CCCN(C)C)c(OC)c3)n2)c1. The number of ether oxygens (including phenoxy) is 1. The second-order valence-corrected chi connectivity index (χ2v) is 11.2. The molecule has 5 aromatic rings. The molecule has 2 aromatic heterocycles. The van der Waals surface area contributed by atoms with Crippen molar-refractivity contribution < 1.29 is 4.74 Å². The average molecular weight is 599 g/mol. The number of methoxy groups -OCH3 is 1. The Morgan fingerprint density at radius 3 is 2.53 bits per heavy atom. The summed E-state index contributed by atoms with van der Waals surface area (Å²) < 4.78 is 7.73. The predicted octanol–water partition coefficient (Wildman–Crippen LogP) is 8.70. The van der Waals surface area contributed by atoms with E-state index in [2.05, 4.69) is 121 Å². The fraction of sp³-hybridized carbons (Fsp3) is 0.211. The van der Waals surface area contributed by atoms with Gasteiger partial charge in [0, 0.05) is 47.3 Å². The number of aromatic nitrogens is 3. The zero-order chi connectivity index (χ0) is 31.8. The minimum absolute atomic E-state index is 0.667. The highest BCUT2D eigenvalue weighted by atomic mass is 16.5. The standard InChI is InChI=1S/C38H42N6O/c1-7-11-28(8-2)29-15-18-33(19-16-29)40-27(3)31-12-9-13-32(24-31)35-26-44-23-21-39-38(44)37(42-35)41-34-20-17-30(36(25-34)45-6)14-10-22-43(4)5/h7-9,11-13,15-21,23-26,40H,3,10,14,22H2,1-2,4-6H3,(H,41,42)/b11-7-,28-8+. The van der Waals surface area contributed by atoms with Gasteiger partial charge in [-0.3, -0.25) is 0 Å². The molecular weight excluding hydrogens is 556 g/mol. The van der Waals surface area contributed by atoms with Crippen LogP contribution in [-0.2, 0) is 6.42 Å². The molecule has 2 N–H and O–H groups in total. The lowest BCUT2D eigenvalue weighted by molar-refractivity contribution is 0.391. The molecule has 5 rings (SSSR count). The lowest BCUT2D eigenvalue weighted by atomic mass is 10.0. The monoisotopic (exact) mass is 598 g/mol. The number of imidazole rings is 1. The van der Waals surface area contributed by atoms with E-state index in [0.29, 0.717) is 5.82 Å². The first-order valence-corrected chi connectivity index (χ1v) is 15.3. The number of rotatable bonds is 13. The molecule has 0 saturated heterocycles. The maximum Gasteiger partial charge on any atom is 0.180 e. The van der Waals surface area contributed by atoms with Crippen molar-refractivity contribution >= 4 is 34.1 Å². The Morgan fingerprint density at radius 2 is 1.80 bits per heavy atom. The third kappa shape index (κ3) is 7.69. The summed E-state index contributed by atoms with van der Waals surface area (Å²) in [7, 11) is 5.91. The molecule has 0 bridgehead atoms. The van der Waals surface area contributed by atoms with Gasteiger partial charge in [0.1, 0.15) is 5.75 Å². The highest BCUT2D eigenvalue weighted by molar-refractivity contribution is 5.80. The Balaban J connectivity index is 1.36. The number of anilines is 3. The Hall–Kier alpha value is -5.14. The van der Waals surface area contributed by atoms with Gasteiger partial charge in [-0.05, 0) is 93.9 Å². The van der Waals surface area contributed by atoms with Crippen LogP contribution in [0.2, 0.25) is 0 Å². The molecule has 0 aliphatic heterocycles. The molecule has 2 heterocycles. The largest absolute Gasteiger partial charge is 0.496 e. The summed E-state index contributed by atoms with van der Waals surface area (Å²) >= 11 is 0. The van der Waals surface area contributed by atoms with Crippen LogP contribution < -0.4 is 15.4 Å². The number of benzene rings is 3. The van der Waals surface area contributed by atoms with Crippen LogP contribution in [0.4, 0.5) is 17.2 Å². The lowest BCUT2D eigenvalue weighted by Crippen LogP contribution is -2.13. The highest BCUT2D eigenvalue weighted by Gasteiger charge is 2.13. The van der Waals surface area contributed by atoms with Gasteiger partial charge in [0.05, 0.1) is 12.8 Å². The minimum Gasteiger partial charge on any atom is -0.496 e. The van der Waals surface area contributed by atoms with Gasteiger partial charge in [0.2, 0.25) is 0 Å². The van der Waals surface area contributed by atoms with Crippen molar-refractivity contribution in [2.45, 2.75) is 26.7 Å². The summed E-state index contributed by atoms with van der Waals surface area (Å²) in [5.41, 5.74) is 9.76. The Bertz CT molecular complexity index is 1830. The van der Waals surface area contributed by atoms with Crippen molar-refractivity contribution in [2.24, 2.45) is 0 Å². The summed E-state index contributed by atoms with van der Waals surface area (Å²) in [5, 5.41) is 6.96. The topological polar surface area (TPSA) is 66.7 Å². The van der Waals surface area contributed by atoms with Gasteiger partial charge in [-0.15, -0.1) is 0 Å². The van der Waals surface area contributed by atoms with Gasteiger partial charge in [-0.25, -0.2) is 9.97 Å². The van der Waals surface area contributed by atoms with Crippen molar-refractivity contribution in [3.63, 3.8) is 0 Å².